The summed E-state index contributed by atoms with van der Waals surface area (Å²) in [6.07, 6.45) is 1.03. The molecule has 0 spiro atoms. The number of nitrogens with two attached hydrogens (primary N) is 1. The number of benzene rings is 2. The Bertz CT molecular complexity index is 927. The summed E-state index contributed by atoms with van der Waals surface area (Å²) in [5.74, 6) is -0.720. The Morgan fingerprint density at radius 2 is 1.93 bits per heavy atom. The highest BCUT2D eigenvalue weighted by Gasteiger charge is 2.34. The number of amides is 2. The third-order valence-electron chi connectivity index (χ3n) is 5.07. The van der Waals surface area contributed by atoms with E-state index in [0.717, 1.165) is 16.0 Å². The van der Waals surface area contributed by atoms with Crippen LogP contribution >= 0.6 is 11.6 Å². The fourth-order valence-electron chi connectivity index (χ4n) is 3.49. The zero-order valence-electron chi connectivity index (χ0n) is 16.2. The van der Waals surface area contributed by atoms with Crippen LogP contribution in [0.2, 0.25) is 5.02 Å². The summed E-state index contributed by atoms with van der Waals surface area (Å²) in [6, 6.07) is 12.1. The van der Waals surface area contributed by atoms with Crippen LogP contribution in [0.25, 0.3) is 0 Å². The Hall–Kier alpha value is -2.86. The normalized spacial score (nSPS) is 17.2. The third kappa shape index (κ3) is 5.15. The molecule has 152 valence electrons. The van der Waals surface area contributed by atoms with Gasteiger partial charge >= 0.3 is 0 Å². The van der Waals surface area contributed by atoms with Crippen molar-refractivity contribution < 1.29 is 19.1 Å². The van der Waals surface area contributed by atoms with Gasteiger partial charge in [0, 0.05) is 23.0 Å². The molecule has 1 fully saturated rings. The minimum Gasteiger partial charge on any atom is -0.496 e. The Kier molecular flexibility index (Phi) is 6.54. The molecule has 0 saturated carbocycles. The summed E-state index contributed by atoms with van der Waals surface area (Å²) >= 11 is 6.10. The van der Waals surface area contributed by atoms with E-state index < -0.39 is 11.8 Å². The van der Waals surface area contributed by atoms with Crippen LogP contribution in [0.3, 0.4) is 0 Å². The number of nitrogens with zero attached hydrogens (tertiary/aromatic N) is 1. The van der Waals surface area contributed by atoms with Crippen molar-refractivity contribution in [2.24, 2.45) is 5.92 Å². The second-order valence-corrected chi connectivity index (χ2v) is 7.61. The number of methoxy groups -OCH3 is 1. The summed E-state index contributed by atoms with van der Waals surface area (Å²) in [5, 5.41) is 0.536. The van der Waals surface area contributed by atoms with Crippen molar-refractivity contribution in [1.82, 2.24) is 4.90 Å². The van der Waals surface area contributed by atoms with Gasteiger partial charge in [0.1, 0.15) is 5.75 Å². The lowest BCUT2D eigenvalue weighted by atomic mass is 9.93. The minimum absolute atomic E-state index is 0.0342. The molecule has 3 rings (SSSR count). The van der Waals surface area contributed by atoms with Gasteiger partial charge in [-0.25, -0.2) is 0 Å². The van der Waals surface area contributed by atoms with Crippen LogP contribution in [0.1, 0.15) is 24.0 Å². The van der Waals surface area contributed by atoms with Gasteiger partial charge in [0.15, 0.2) is 5.78 Å². The van der Waals surface area contributed by atoms with Crippen LogP contribution in [0.4, 0.5) is 5.69 Å². The lowest BCUT2D eigenvalue weighted by Gasteiger charge is -2.23. The number of anilines is 1. The number of carbonyl (C=O) groups excluding carboxylic acids is 3. The monoisotopic (exact) mass is 414 g/mol. The number of hydrogen-bond acceptors (Lipinski definition) is 5. The van der Waals surface area contributed by atoms with E-state index in [0.29, 0.717) is 29.3 Å². The number of ether oxygens (including phenoxy) is 1. The predicted molar refractivity (Wildman–Crippen MR) is 111 cm³/mol. The van der Waals surface area contributed by atoms with Gasteiger partial charge in [0.25, 0.3) is 0 Å². The Balaban J connectivity index is 1.80. The predicted octanol–water partition coefficient (Wildman–Crippen LogP) is 3.05. The van der Waals surface area contributed by atoms with E-state index in [4.69, 9.17) is 22.1 Å². The van der Waals surface area contributed by atoms with Crippen LogP contribution in [-0.4, -0.2) is 36.2 Å². The van der Waals surface area contributed by atoms with E-state index >= 15 is 0 Å². The molecule has 0 aromatic heterocycles. The first-order valence-electron chi connectivity index (χ1n) is 9.40. The molecule has 2 amide bonds. The summed E-state index contributed by atoms with van der Waals surface area (Å²) in [7, 11) is 1.55. The molecule has 1 aliphatic heterocycles. The fraction of sp³-hybridized carbons (Fsp3) is 0.318. The van der Waals surface area contributed by atoms with Gasteiger partial charge < -0.3 is 10.5 Å². The van der Waals surface area contributed by atoms with E-state index in [9.17, 15) is 14.4 Å². The number of likely N-dealkylation sites (tertiary alicyclic amines) is 1. The third-order valence-corrected chi connectivity index (χ3v) is 5.30. The number of rotatable bonds is 5. The van der Waals surface area contributed by atoms with Gasteiger partial charge in [0.05, 0.1) is 20.1 Å². The van der Waals surface area contributed by atoms with Gasteiger partial charge in [-0.3, -0.25) is 19.3 Å². The molecule has 1 heterocycles. The van der Waals surface area contributed by atoms with E-state index in [2.05, 4.69) is 0 Å². The van der Waals surface area contributed by atoms with Crippen LogP contribution < -0.4 is 10.5 Å². The Labute approximate surface area is 174 Å². The van der Waals surface area contributed by atoms with Crippen LogP contribution in [0.15, 0.2) is 42.5 Å². The van der Waals surface area contributed by atoms with Crippen LogP contribution in [-0.2, 0) is 27.2 Å². The summed E-state index contributed by atoms with van der Waals surface area (Å²) in [5.41, 5.74) is 7.78. The quantitative estimate of drug-likeness (QED) is 0.759. The van der Waals surface area contributed by atoms with Crippen molar-refractivity contribution in [2.45, 2.75) is 25.7 Å². The summed E-state index contributed by atoms with van der Waals surface area (Å²) < 4.78 is 5.36. The number of imide groups is 1. The second kappa shape index (κ2) is 9.09. The first-order valence-corrected chi connectivity index (χ1v) is 9.78. The molecule has 0 radical (unpaired) electrons. The molecule has 1 saturated heterocycles. The first-order chi connectivity index (χ1) is 13.9. The van der Waals surface area contributed by atoms with E-state index in [-0.39, 0.29) is 31.1 Å². The smallest absolute Gasteiger partial charge is 0.234 e. The molecule has 2 N–H and O–H groups in total. The highest BCUT2D eigenvalue weighted by atomic mass is 35.5. The number of halogens is 1. The van der Waals surface area contributed by atoms with Crippen molar-refractivity contribution in [2.75, 3.05) is 19.4 Å². The van der Waals surface area contributed by atoms with Crippen LogP contribution in [0, 0.1) is 5.92 Å². The highest BCUT2D eigenvalue weighted by molar-refractivity contribution is 6.30. The maximum absolute atomic E-state index is 13.1. The van der Waals surface area contributed by atoms with Gasteiger partial charge in [-0.05, 0) is 54.3 Å². The molecule has 2 aromatic rings. The first kappa shape index (κ1) is 20.9. The highest BCUT2D eigenvalue weighted by Crippen LogP contribution is 2.29. The molecule has 1 aliphatic rings. The molecular formula is C22H23ClN2O4. The van der Waals surface area contributed by atoms with Crippen LogP contribution in [0.5, 0.6) is 5.75 Å². The van der Waals surface area contributed by atoms with Gasteiger partial charge in [-0.15, -0.1) is 0 Å². The molecule has 29 heavy (non-hydrogen) atoms. The largest absolute Gasteiger partial charge is 0.496 e. The van der Waals surface area contributed by atoms with E-state index in [1.165, 1.54) is 0 Å². The Morgan fingerprint density at radius 3 is 2.62 bits per heavy atom. The second-order valence-electron chi connectivity index (χ2n) is 7.17. The zero-order chi connectivity index (χ0) is 21.0. The van der Waals surface area contributed by atoms with Crippen molar-refractivity contribution in [3.63, 3.8) is 0 Å². The molecule has 2 aromatic carbocycles. The summed E-state index contributed by atoms with van der Waals surface area (Å²) in [4.78, 5) is 39.2. The van der Waals surface area contributed by atoms with Crippen molar-refractivity contribution in [1.29, 1.82) is 0 Å². The van der Waals surface area contributed by atoms with Gasteiger partial charge in [-0.2, -0.15) is 0 Å². The fourth-order valence-corrected chi connectivity index (χ4v) is 3.69. The van der Waals surface area contributed by atoms with E-state index in [1.54, 1.807) is 49.6 Å². The zero-order valence-corrected chi connectivity index (χ0v) is 16.9. The molecule has 0 aliphatic carbocycles. The standard InChI is InChI=1S/C22H23ClN2O4/c1-29-20-9-5-17(23)12-16(20)11-15-4-8-19(26)13-25(22(15)28)21(27)10-14-2-6-18(24)7-3-14/h2-3,5-7,9,12,15H,4,8,10-11,13,24H2,1H3. The minimum atomic E-state index is -0.496. The number of ketones is 1. The van der Waals surface area contributed by atoms with Crippen molar-refractivity contribution >= 4 is 34.9 Å². The Morgan fingerprint density at radius 1 is 1.21 bits per heavy atom. The lowest BCUT2D eigenvalue weighted by molar-refractivity contribution is -0.148. The number of carbonyl (C=O) groups is 3. The number of hydrogen-bond donors (Lipinski definition) is 1. The maximum atomic E-state index is 13.1. The molecule has 1 unspecified atom stereocenters. The molecular weight excluding hydrogens is 392 g/mol. The number of Topliss-reactive ketones (excluding diaryl/α,β-unsaturated/α-hetero) is 1. The SMILES string of the molecule is COc1ccc(Cl)cc1CC1CCC(=O)CN(C(=O)Cc2ccc(N)cc2)C1=O. The maximum Gasteiger partial charge on any atom is 0.234 e. The average molecular weight is 415 g/mol. The molecule has 6 nitrogen and oxygen atoms in total. The van der Waals surface area contributed by atoms with Crippen molar-refractivity contribution in [3.8, 4) is 5.75 Å². The molecule has 0 bridgehead atoms. The average Bonchev–Trinajstić information content (AvgIpc) is 2.83. The van der Waals surface area contributed by atoms with Crippen molar-refractivity contribution in [3.05, 3.63) is 58.6 Å². The van der Waals surface area contributed by atoms with Gasteiger partial charge in [0.2, 0.25) is 11.8 Å². The van der Waals surface area contributed by atoms with Gasteiger partial charge in [-0.1, -0.05) is 23.7 Å². The number of nitrogen functional groups attached to an aromatic ring is 1. The molecule has 1 atom stereocenters. The lowest BCUT2D eigenvalue weighted by Crippen LogP contribution is -2.42. The molecule has 7 heteroatoms. The summed E-state index contributed by atoms with van der Waals surface area (Å²) in [6.45, 7) is -0.185. The van der Waals surface area contributed by atoms with E-state index in [1.807, 2.05) is 0 Å². The topological polar surface area (TPSA) is 89.7 Å².